The van der Waals surface area contributed by atoms with Gasteiger partial charge in [-0.15, -0.1) is 0 Å². The fourth-order valence-electron chi connectivity index (χ4n) is 1.21. The SMILES string of the molecule is CCc1ccc2n[c]([Al])oc2c1. The van der Waals surface area contributed by atoms with E-state index in [0.717, 1.165) is 17.5 Å². The van der Waals surface area contributed by atoms with Crippen molar-refractivity contribution in [3.8, 4) is 0 Å². The Hall–Kier alpha value is -0.778. The molecule has 0 aliphatic carbocycles. The predicted octanol–water partition coefficient (Wildman–Crippen LogP) is 1.18. The molecule has 3 heteroatoms. The number of aryl methyl sites for hydroxylation is 1. The van der Waals surface area contributed by atoms with E-state index in [1.165, 1.54) is 5.56 Å². The Labute approximate surface area is 79.0 Å². The normalized spacial score (nSPS) is 10.8. The molecule has 0 saturated heterocycles. The summed E-state index contributed by atoms with van der Waals surface area (Å²) in [7, 11) is 0. The van der Waals surface area contributed by atoms with Gasteiger partial charge in [0, 0.05) is 0 Å². The quantitative estimate of drug-likeness (QED) is 0.605. The number of nitrogens with zero attached hydrogens (tertiary/aromatic N) is 1. The fraction of sp³-hybridized carbons (Fsp3) is 0.222. The highest BCUT2D eigenvalue weighted by Gasteiger charge is 2.00. The van der Waals surface area contributed by atoms with Gasteiger partial charge in [-0.3, -0.25) is 0 Å². The van der Waals surface area contributed by atoms with Gasteiger partial charge in [-0.1, -0.05) is 13.0 Å². The lowest BCUT2D eigenvalue weighted by atomic mass is 10.2. The van der Waals surface area contributed by atoms with Gasteiger partial charge in [0.15, 0.2) is 5.58 Å². The number of aromatic nitrogens is 1. The second kappa shape index (κ2) is 2.93. The number of fused-ring (bicyclic) bond motifs is 1. The summed E-state index contributed by atoms with van der Waals surface area (Å²) in [6.07, 6.45) is 1.03. The molecule has 0 fully saturated rings. The van der Waals surface area contributed by atoms with Gasteiger partial charge >= 0.3 is 0 Å². The van der Waals surface area contributed by atoms with E-state index in [1.54, 1.807) is 0 Å². The average molecular weight is 173 g/mol. The Morgan fingerprint density at radius 2 is 2.33 bits per heavy atom. The zero-order chi connectivity index (χ0) is 8.55. The largest absolute Gasteiger partial charge is 0.463 e. The number of rotatable bonds is 1. The molecule has 0 aliphatic rings. The minimum Gasteiger partial charge on any atom is -0.463 e. The van der Waals surface area contributed by atoms with E-state index < -0.39 is 0 Å². The van der Waals surface area contributed by atoms with Gasteiger partial charge in [-0.25, -0.2) is 4.98 Å². The minimum atomic E-state index is 0.651. The summed E-state index contributed by atoms with van der Waals surface area (Å²) >= 11 is 2.46. The first-order valence-electron chi connectivity index (χ1n) is 3.94. The van der Waals surface area contributed by atoms with Crippen LogP contribution >= 0.6 is 0 Å². The fourth-order valence-corrected chi connectivity index (χ4v) is 1.47. The van der Waals surface area contributed by atoms with Crippen LogP contribution in [0.3, 0.4) is 0 Å². The van der Waals surface area contributed by atoms with Crippen molar-refractivity contribution in [3.05, 3.63) is 23.8 Å². The van der Waals surface area contributed by atoms with Crippen molar-refractivity contribution in [2.75, 3.05) is 0 Å². The van der Waals surface area contributed by atoms with Gasteiger partial charge < -0.3 is 4.42 Å². The zero-order valence-electron chi connectivity index (χ0n) is 6.87. The third-order valence-corrected chi connectivity index (χ3v) is 2.12. The molecule has 0 spiro atoms. The van der Waals surface area contributed by atoms with Crippen molar-refractivity contribution in [2.24, 2.45) is 0 Å². The molecule has 2 radical (unpaired) electrons. The van der Waals surface area contributed by atoms with E-state index >= 15 is 0 Å². The molecule has 0 amide bonds. The highest BCUT2D eigenvalue weighted by Crippen LogP contribution is 2.13. The van der Waals surface area contributed by atoms with E-state index in [0.29, 0.717) is 4.75 Å². The molecule has 0 saturated carbocycles. The van der Waals surface area contributed by atoms with Crippen molar-refractivity contribution in [1.82, 2.24) is 4.98 Å². The van der Waals surface area contributed by atoms with Crippen LogP contribution in [0.2, 0.25) is 0 Å². The van der Waals surface area contributed by atoms with Crippen LogP contribution in [-0.2, 0) is 6.42 Å². The highest BCUT2D eigenvalue weighted by molar-refractivity contribution is 6.28. The maximum Gasteiger partial charge on any atom is 0.277 e. The summed E-state index contributed by atoms with van der Waals surface area (Å²) in [4.78, 5) is 4.18. The molecule has 0 bridgehead atoms. The van der Waals surface area contributed by atoms with Crippen LogP contribution in [0, 0.1) is 0 Å². The van der Waals surface area contributed by atoms with Gasteiger partial charge in [-0.2, -0.15) is 0 Å². The summed E-state index contributed by atoms with van der Waals surface area (Å²) in [5.41, 5.74) is 3.08. The van der Waals surface area contributed by atoms with Crippen LogP contribution in [0.5, 0.6) is 0 Å². The Balaban J connectivity index is 2.66. The molecule has 0 unspecified atom stereocenters. The van der Waals surface area contributed by atoms with E-state index in [9.17, 15) is 0 Å². The Bertz CT molecular complexity index is 408. The van der Waals surface area contributed by atoms with Crippen molar-refractivity contribution in [1.29, 1.82) is 0 Å². The summed E-state index contributed by atoms with van der Waals surface area (Å²) in [6, 6.07) is 6.11. The van der Waals surface area contributed by atoms with Gasteiger partial charge in [0.05, 0.1) is 4.75 Å². The van der Waals surface area contributed by atoms with Gasteiger partial charge in [0.2, 0.25) is 0 Å². The smallest absolute Gasteiger partial charge is 0.277 e. The molecule has 2 nitrogen and oxygen atoms in total. The summed E-state index contributed by atoms with van der Waals surface area (Å²) in [5.74, 6) is 0. The molecule has 0 atom stereocenters. The van der Waals surface area contributed by atoms with E-state index in [1.807, 2.05) is 12.1 Å². The van der Waals surface area contributed by atoms with E-state index in [-0.39, 0.29) is 0 Å². The van der Waals surface area contributed by atoms with Crippen LogP contribution in [0.25, 0.3) is 11.1 Å². The predicted molar refractivity (Wildman–Crippen MR) is 48.8 cm³/mol. The molecule has 1 heterocycles. The van der Waals surface area contributed by atoms with Crippen LogP contribution in [0.4, 0.5) is 0 Å². The Kier molecular flexibility index (Phi) is 1.92. The van der Waals surface area contributed by atoms with Gasteiger partial charge in [-0.05, 0) is 24.1 Å². The Morgan fingerprint density at radius 3 is 3.08 bits per heavy atom. The lowest BCUT2D eigenvalue weighted by Crippen LogP contribution is -1.99. The third-order valence-electron chi connectivity index (χ3n) is 1.88. The second-order valence-electron chi connectivity index (χ2n) is 2.71. The third kappa shape index (κ3) is 1.26. The van der Waals surface area contributed by atoms with Crippen LogP contribution in [0.15, 0.2) is 22.6 Å². The molecule has 1 aromatic carbocycles. The molecule has 12 heavy (non-hydrogen) atoms. The summed E-state index contributed by atoms with van der Waals surface area (Å²) in [6.45, 7) is 2.12. The maximum absolute atomic E-state index is 5.36. The lowest BCUT2D eigenvalue weighted by molar-refractivity contribution is 0.643. The zero-order valence-corrected chi connectivity index (χ0v) is 8.03. The van der Waals surface area contributed by atoms with Crippen LogP contribution in [0.1, 0.15) is 12.5 Å². The number of oxazole rings is 1. The second-order valence-corrected chi connectivity index (χ2v) is 3.20. The summed E-state index contributed by atoms with van der Waals surface area (Å²) in [5, 5.41) is 0. The number of benzene rings is 1. The average Bonchev–Trinajstić information content (AvgIpc) is 2.43. The molecule has 0 aliphatic heterocycles. The minimum absolute atomic E-state index is 0.651. The molecular weight excluding hydrogens is 165 g/mol. The monoisotopic (exact) mass is 173 g/mol. The van der Waals surface area contributed by atoms with Crippen LogP contribution in [-0.4, -0.2) is 21.3 Å². The molecule has 1 aromatic heterocycles. The highest BCUT2D eigenvalue weighted by atomic mass is 27.0. The molecular formula is C9H8AlNO. The van der Waals surface area contributed by atoms with Crippen molar-refractivity contribution in [3.63, 3.8) is 0 Å². The van der Waals surface area contributed by atoms with E-state index in [4.69, 9.17) is 4.42 Å². The van der Waals surface area contributed by atoms with Gasteiger partial charge in [0.25, 0.3) is 16.3 Å². The Morgan fingerprint density at radius 1 is 1.50 bits per heavy atom. The first-order valence-corrected chi connectivity index (χ1v) is 4.52. The first kappa shape index (κ1) is 7.85. The maximum atomic E-state index is 5.36. The molecule has 58 valence electrons. The lowest BCUT2D eigenvalue weighted by Gasteiger charge is -1.92. The van der Waals surface area contributed by atoms with Crippen molar-refractivity contribution in [2.45, 2.75) is 13.3 Å². The van der Waals surface area contributed by atoms with E-state index in [2.05, 4.69) is 34.3 Å². The van der Waals surface area contributed by atoms with Crippen molar-refractivity contribution >= 4 is 32.1 Å². The standard InChI is InChI=1S/C9H8NO.Al/c1-2-7-3-4-8-9(5-7)11-6-10-8;/h3-5H,2H2,1H3;. The number of hydrogen-bond donors (Lipinski definition) is 0. The van der Waals surface area contributed by atoms with Crippen LogP contribution < -0.4 is 4.75 Å². The molecule has 0 N–H and O–H groups in total. The molecule has 2 aromatic rings. The first-order chi connectivity index (χ1) is 5.79. The number of hydrogen-bond acceptors (Lipinski definition) is 2. The summed E-state index contributed by atoms with van der Waals surface area (Å²) < 4.78 is 6.01. The topological polar surface area (TPSA) is 26.0 Å². The van der Waals surface area contributed by atoms with Crippen molar-refractivity contribution < 1.29 is 4.42 Å². The van der Waals surface area contributed by atoms with Gasteiger partial charge in [0.1, 0.15) is 5.52 Å². The molecule has 2 rings (SSSR count).